The number of ether oxygens (including phenoxy) is 1. The lowest BCUT2D eigenvalue weighted by Gasteiger charge is -2.33. The maximum absolute atomic E-state index is 13.7. The predicted molar refractivity (Wildman–Crippen MR) is 73.0 cm³/mol. The van der Waals surface area contributed by atoms with Crippen LogP contribution in [0.25, 0.3) is 0 Å². The summed E-state index contributed by atoms with van der Waals surface area (Å²) < 4.78 is 18.8. The number of likely N-dealkylation sites (tertiary alicyclic amines) is 1. The zero-order valence-electron chi connectivity index (χ0n) is 11.6. The zero-order chi connectivity index (χ0) is 14.5. The number of carbonyl (C=O) groups excluding carboxylic acids is 1. The molecule has 0 radical (unpaired) electrons. The van der Waals surface area contributed by atoms with E-state index in [-0.39, 0.29) is 25.7 Å². The first kappa shape index (κ1) is 14.8. The molecule has 1 aliphatic heterocycles. The monoisotopic (exact) mass is 281 g/mol. The minimum Gasteiger partial charge on any atom is -0.445 e. The SMILES string of the molecule is Cc1ccc(COC(=O)N2CC[C@H](CO)[C@H](F)C2)cc1. The predicted octanol–water partition coefficient (Wildman–Crippen LogP) is 2.28. The highest BCUT2D eigenvalue weighted by atomic mass is 19.1. The number of alkyl halides is 1. The Morgan fingerprint density at radius 1 is 1.45 bits per heavy atom. The summed E-state index contributed by atoms with van der Waals surface area (Å²) in [4.78, 5) is 13.2. The average Bonchev–Trinajstić information content (AvgIpc) is 2.46. The third-order valence-electron chi connectivity index (χ3n) is 3.65. The molecule has 1 saturated heterocycles. The van der Waals surface area contributed by atoms with E-state index < -0.39 is 12.3 Å². The van der Waals surface area contributed by atoms with Gasteiger partial charge >= 0.3 is 6.09 Å². The molecule has 1 aromatic carbocycles. The van der Waals surface area contributed by atoms with Gasteiger partial charge in [0.1, 0.15) is 12.8 Å². The molecule has 110 valence electrons. The van der Waals surface area contributed by atoms with Crippen molar-refractivity contribution in [3.05, 3.63) is 35.4 Å². The van der Waals surface area contributed by atoms with Gasteiger partial charge in [0.15, 0.2) is 0 Å². The molecular formula is C15H20FNO3. The fraction of sp³-hybridized carbons (Fsp3) is 0.533. The quantitative estimate of drug-likeness (QED) is 0.924. The van der Waals surface area contributed by atoms with Crippen LogP contribution in [0.4, 0.5) is 9.18 Å². The van der Waals surface area contributed by atoms with Crippen LogP contribution in [-0.4, -0.2) is 42.0 Å². The smallest absolute Gasteiger partial charge is 0.410 e. The standard InChI is InChI=1S/C15H20FNO3/c1-11-2-4-12(5-3-11)10-20-15(19)17-7-6-13(9-18)14(16)8-17/h2-5,13-14,18H,6-10H2,1H3/t13-,14-/m1/s1. The highest BCUT2D eigenvalue weighted by Crippen LogP contribution is 2.20. The molecule has 2 atom stereocenters. The van der Waals surface area contributed by atoms with Crippen molar-refractivity contribution < 1.29 is 19.0 Å². The fourth-order valence-electron chi connectivity index (χ4n) is 2.25. The molecule has 0 spiro atoms. The second-order valence-electron chi connectivity index (χ2n) is 5.23. The molecule has 5 heteroatoms. The number of rotatable bonds is 3. The first-order valence-corrected chi connectivity index (χ1v) is 6.82. The van der Waals surface area contributed by atoms with E-state index >= 15 is 0 Å². The molecule has 20 heavy (non-hydrogen) atoms. The van der Waals surface area contributed by atoms with Crippen molar-refractivity contribution in [3.63, 3.8) is 0 Å². The molecule has 0 aliphatic carbocycles. The Kier molecular flexibility index (Phi) is 4.95. The van der Waals surface area contributed by atoms with E-state index in [0.717, 1.165) is 11.1 Å². The molecule has 0 bridgehead atoms. The summed E-state index contributed by atoms with van der Waals surface area (Å²) in [6.07, 6.45) is -1.21. The summed E-state index contributed by atoms with van der Waals surface area (Å²) in [5.41, 5.74) is 2.05. The van der Waals surface area contributed by atoms with E-state index in [9.17, 15) is 9.18 Å². The summed E-state index contributed by atoms with van der Waals surface area (Å²) >= 11 is 0. The molecule has 0 aromatic heterocycles. The Labute approximate surface area is 118 Å². The number of halogens is 1. The summed E-state index contributed by atoms with van der Waals surface area (Å²) in [6.45, 7) is 2.43. The molecular weight excluding hydrogens is 261 g/mol. The summed E-state index contributed by atoms with van der Waals surface area (Å²) in [5, 5.41) is 8.99. The van der Waals surface area contributed by atoms with E-state index in [1.807, 2.05) is 31.2 Å². The summed E-state index contributed by atoms with van der Waals surface area (Å²) in [5.74, 6) is -0.365. The largest absolute Gasteiger partial charge is 0.445 e. The highest BCUT2D eigenvalue weighted by Gasteiger charge is 2.31. The average molecular weight is 281 g/mol. The lowest BCUT2D eigenvalue weighted by molar-refractivity contribution is 0.0344. The molecule has 1 aromatic rings. The molecule has 2 rings (SSSR count). The van der Waals surface area contributed by atoms with E-state index in [2.05, 4.69) is 0 Å². The minimum absolute atomic E-state index is 0.00203. The van der Waals surface area contributed by atoms with E-state index in [4.69, 9.17) is 9.84 Å². The van der Waals surface area contributed by atoms with Crippen molar-refractivity contribution in [2.75, 3.05) is 19.7 Å². The minimum atomic E-state index is -1.18. The van der Waals surface area contributed by atoms with E-state index in [0.29, 0.717) is 13.0 Å². The van der Waals surface area contributed by atoms with Crippen molar-refractivity contribution in [2.24, 2.45) is 5.92 Å². The number of piperidine rings is 1. The van der Waals surface area contributed by atoms with Gasteiger partial charge in [-0.1, -0.05) is 29.8 Å². The second kappa shape index (κ2) is 6.70. The number of carbonyl (C=O) groups is 1. The van der Waals surface area contributed by atoms with Crippen molar-refractivity contribution in [3.8, 4) is 0 Å². The van der Waals surface area contributed by atoms with Crippen LogP contribution >= 0.6 is 0 Å². The van der Waals surface area contributed by atoms with Gasteiger partial charge in [-0.25, -0.2) is 9.18 Å². The zero-order valence-corrected chi connectivity index (χ0v) is 11.6. The number of aryl methyl sites for hydroxylation is 1. The van der Waals surface area contributed by atoms with Crippen molar-refractivity contribution in [1.29, 1.82) is 0 Å². The Hall–Kier alpha value is -1.62. The van der Waals surface area contributed by atoms with Crippen molar-refractivity contribution >= 4 is 6.09 Å². The van der Waals surface area contributed by atoms with Crippen LogP contribution in [0.5, 0.6) is 0 Å². The first-order valence-electron chi connectivity index (χ1n) is 6.82. The Balaban J connectivity index is 1.82. The fourth-order valence-corrected chi connectivity index (χ4v) is 2.25. The normalized spacial score (nSPS) is 22.6. The molecule has 1 aliphatic rings. The lowest BCUT2D eigenvalue weighted by atomic mass is 9.96. The number of hydrogen-bond acceptors (Lipinski definition) is 3. The number of benzene rings is 1. The van der Waals surface area contributed by atoms with Crippen LogP contribution in [0.2, 0.25) is 0 Å². The van der Waals surface area contributed by atoms with Gasteiger partial charge in [-0.3, -0.25) is 0 Å². The second-order valence-corrected chi connectivity index (χ2v) is 5.23. The van der Waals surface area contributed by atoms with Gasteiger partial charge in [0.25, 0.3) is 0 Å². The van der Waals surface area contributed by atoms with Gasteiger partial charge < -0.3 is 14.7 Å². The van der Waals surface area contributed by atoms with E-state index in [1.54, 1.807) is 0 Å². The van der Waals surface area contributed by atoms with Crippen molar-refractivity contribution in [1.82, 2.24) is 4.90 Å². The topological polar surface area (TPSA) is 49.8 Å². The maximum atomic E-state index is 13.7. The van der Waals surface area contributed by atoms with Gasteiger partial charge in [-0.15, -0.1) is 0 Å². The molecule has 1 heterocycles. The van der Waals surface area contributed by atoms with Gasteiger partial charge in [-0.2, -0.15) is 0 Å². The van der Waals surface area contributed by atoms with Crippen LogP contribution in [0.15, 0.2) is 24.3 Å². The maximum Gasteiger partial charge on any atom is 0.410 e. The third kappa shape index (κ3) is 3.70. The Morgan fingerprint density at radius 3 is 2.75 bits per heavy atom. The van der Waals surface area contributed by atoms with Gasteiger partial charge in [0.2, 0.25) is 0 Å². The Morgan fingerprint density at radius 2 is 2.15 bits per heavy atom. The van der Waals surface area contributed by atoms with Crippen LogP contribution in [-0.2, 0) is 11.3 Å². The number of nitrogens with zero attached hydrogens (tertiary/aromatic N) is 1. The third-order valence-corrected chi connectivity index (χ3v) is 3.65. The number of aliphatic hydroxyl groups is 1. The van der Waals surface area contributed by atoms with Crippen LogP contribution in [0.1, 0.15) is 17.5 Å². The molecule has 1 N–H and O–H groups in total. The van der Waals surface area contributed by atoms with Crippen LogP contribution in [0, 0.1) is 12.8 Å². The summed E-state index contributed by atoms with van der Waals surface area (Å²) in [6, 6.07) is 7.71. The van der Waals surface area contributed by atoms with E-state index in [1.165, 1.54) is 4.90 Å². The summed E-state index contributed by atoms with van der Waals surface area (Å²) in [7, 11) is 0. The van der Waals surface area contributed by atoms with Gasteiger partial charge in [0, 0.05) is 19.1 Å². The van der Waals surface area contributed by atoms with Gasteiger partial charge in [-0.05, 0) is 18.9 Å². The number of amides is 1. The first-order chi connectivity index (χ1) is 9.60. The van der Waals surface area contributed by atoms with Crippen molar-refractivity contribution in [2.45, 2.75) is 26.1 Å². The number of hydrogen-bond donors (Lipinski definition) is 1. The molecule has 1 amide bonds. The molecule has 4 nitrogen and oxygen atoms in total. The molecule has 1 fully saturated rings. The van der Waals surface area contributed by atoms with Crippen LogP contribution < -0.4 is 0 Å². The van der Waals surface area contributed by atoms with Crippen LogP contribution in [0.3, 0.4) is 0 Å². The molecule has 0 unspecified atom stereocenters. The highest BCUT2D eigenvalue weighted by molar-refractivity contribution is 5.67. The number of aliphatic hydroxyl groups excluding tert-OH is 1. The molecule has 0 saturated carbocycles. The Bertz CT molecular complexity index is 449. The lowest BCUT2D eigenvalue weighted by Crippen LogP contribution is -2.46. The van der Waals surface area contributed by atoms with Gasteiger partial charge in [0.05, 0.1) is 6.54 Å².